The molecule has 1 aromatic heterocycles. The minimum atomic E-state index is -1.10. The van der Waals surface area contributed by atoms with Gasteiger partial charge in [0.1, 0.15) is 18.5 Å². The fourth-order valence-corrected chi connectivity index (χ4v) is 2.25. The first kappa shape index (κ1) is 13.5. The monoisotopic (exact) mass is 285 g/mol. The molecule has 1 N–H and O–H groups in total. The van der Waals surface area contributed by atoms with E-state index in [4.69, 9.17) is 4.74 Å². The molecule has 1 aromatic carbocycles. The minimum absolute atomic E-state index is 0.178. The van der Waals surface area contributed by atoms with Crippen LogP contribution in [0.4, 0.5) is 4.79 Å². The molecule has 2 heterocycles. The smallest absolute Gasteiger partial charge is 0.410 e. The van der Waals surface area contributed by atoms with E-state index in [1.807, 2.05) is 30.3 Å². The van der Waals surface area contributed by atoms with Gasteiger partial charge in [0.15, 0.2) is 0 Å². The van der Waals surface area contributed by atoms with E-state index < -0.39 is 11.7 Å². The number of ether oxygens (including phenoxy) is 1. The third-order valence-electron chi connectivity index (χ3n) is 3.43. The molecule has 1 aliphatic rings. The summed E-state index contributed by atoms with van der Waals surface area (Å²) in [5.74, 6) is 0. The highest BCUT2D eigenvalue weighted by Gasteiger charge is 2.46. The van der Waals surface area contributed by atoms with Crippen molar-refractivity contribution in [1.29, 1.82) is 0 Å². The van der Waals surface area contributed by atoms with E-state index in [2.05, 4.69) is 9.97 Å². The fraction of sp³-hybridized carbons (Fsp3) is 0.267. The summed E-state index contributed by atoms with van der Waals surface area (Å²) in [5.41, 5.74) is 0.344. The largest absolute Gasteiger partial charge is 0.445 e. The van der Waals surface area contributed by atoms with Gasteiger partial charge in [-0.2, -0.15) is 0 Å². The molecular weight excluding hydrogens is 270 g/mol. The van der Waals surface area contributed by atoms with Crippen LogP contribution in [0.3, 0.4) is 0 Å². The lowest BCUT2D eigenvalue weighted by molar-refractivity contribution is -0.0977. The summed E-state index contributed by atoms with van der Waals surface area (Å²) in [4.78, 5) is 21.2. The van der Waals surface area contributed by atoms with Gasteiger partial charge in [-0.1, -0.05) is 30.3 Å². The molecule has 1 saturated heterocycles. The van der Waals surface area contributed by atoms with Gasteiger partial charge in [-0.05, 0) is 11.6 Å². The summed E-state index contributed by atoms with van der Waals surface area (Å²) in [6.07, 6.45) is 2.51. The fourth-order valence-electron chi connectivity index (χ4n) is 2.25. The molecule has 3 rings (SSSR count). The Labute approximate surface area is 122 Å². The van der Waals surface area contributed by atoms with Crippen molar-refractivity contribution in [3.63, 3.8) is 0 Å². The first-order valence-corrected chi connectivity index (χ1v) is 6.62. The number of rotatable bonds is 3. The van der Waals surface area contributed by atoms with Gasteiger partial charge < -0.3 is 14.7 Å². The molecule has 1 fully saturated rings. The molecule has 6 heteroatoms. The van der Waals surface area contributed by atoms with E-state index in [0.29, 0.717) is 5.69 Å². The van der Waals surface area contributed by atoms with Gasteiger partial charge in [-0.3, -0.25) is 0 Å². The van der Waals surface area contributed by atoms with Gasteiger partial charge in [0.25, 0.3) is 0 Å². The second kappa shape index (κ2) is 5.49. The van der Waals surface area contributed by atoms with Crippen molar-refractivity contribution in [2.24, 2.45) is 0 Å². The zero-order valence-electron chi connectivity index (χ0n) is 11.3. The van der Waals surface area contributed by atoms with Crippen molar-refractivity contribution in [3.05, 3.63) is 60.2 Å². The number of likely N-dealkylation sites (tertiary alicyclic amines) is 1. The number of benzene rings is 1. The second-order valence-electron chi connectivity index (χ2n) is 5.02. The third-order valence-corrected chi connectivity index (χ3v) is 3.43. The summed E-state index contributed by atoms with van der Waals surface area (Å²) in [6, 6.07) is 11.1. The summed E-state index contributed by atoms with van der Waals surface area (Å²) < 4.78 is 5.20. The van der Waals surface area contributed by atoms with Crippen LogP contribution in [-0.2, 0) is 16.9 Å². The van der Waals surface area contributed by atoms with E-state index in [9.17, 15) is 9.90 Å². The van der Waals surface area contributed by atoms with Crippen molar-refractivity contribution in [2.45, 2.75) is 12.2 Å². The van der Waals surface area contributed by atoms with Crippen molar-refractivity contribution >= 4 is 6.09 Å². The molecule has 0 unspecified atom stereocenters. The van der Waals surface area contributed by atoms with E-state index in [0.717, 1.165) is 5.56 Å². The Hall–Kier alpha value is -2.47. The van der Waals surface area contributed by atoms with Gasteiger partial charge >= 0.3 is 6.09 Å². The van der Waals surface area contributed by atoms with Crippen LogP contribution in [0, 0.1) is 0 Å². The van der Waals surface area contributed by atoms with Crippen LogP contribution >= 0.6 is 0 Å². The van der Waals surface area contributed by atoms with Gasteiger partial charge in [0, 0.05) is 6.20 Å². The third kappa shape index (κ3) is 2.85. The molecule has 0 atom stereocenters. The molecule has 2 aromatic rings. The molecular formula is C15H15N3O3. The first-order chi connectivity index (χ1) is 10.2. The topological polar surface area (TPSA) is 75.5 Å². The van der Waals surface area contributed by atoms with Gasteiger partial charge in [0.2, 0.25) is 0 Å². The molecule has 1 aliphatic heterocycles. The normalized spacial score (nSPS) is 16.1. The summed E-state index contributed by atoms with van der Waals surface area (Å²) in [6.45, 7) is 0.581. The number of hydrogen-bond donors (Lipinski definition) is 1. The van der Waals surface area contributed by atoms with Crippen molar-refractivity contribution in [1.82, 2.24) is 14.9 Å². The SMILES string of the molecule is O=C(OCc1ccccc1)N1CC(O)(c2ccncn2)C1. The van der Waals surface area contributed by atoms with Crippen molar-refractivity contribution in [2.75, 3.05) is 13.1 Å². The van der Waals surface area contributed by atoms with Crippen LogP contribution < -0.4 is 0 Å². The number of β-amino-alcohol motifs (C(OH)–C–C–N with tert-alkyl or cyclic N) is 1. The Morgan fingerprint density at radius 2 is 2.05 bits per heavy atom. The minimum Gasteiger partial charge on any atom is -0.445 e. The Balaban J connectivity index is 1.53. The number of nitrogens with zero attached hydrogens (tertiary/aromatic N) is 3. The van der Waals surface area contributed by atoms with E-state index in [-0.39, 0.29) is 19.7 Å². The Bertz CT molecular complexity index is 613. The number of amides is 1. The Morgan fingerprint density at radius 1 is 1.29 bits per heavy atom. The van der Waals surface area contributed by atoms with E-state index in [1.54, 1.807) is 12.3 Å². The quantitative estimate of drug-likeness (QED) is 0.920. The molecule has 0 bridgehead atoms. The van der Waals surface area contributed by atoms with Crippen LogP contribution in [0.15, 0.2) is 48.9 Å². The highest BCUT2D eigenvalue weighted by Crippen LogP contribution is 2.30. The Kier molecular flexibility index (Phi) is 3.53. The van der Waals surface area contributed by atoms with Crippen LogP contribution in [0.2, 0.25) is 0 Å². The maximum Gasteiger partial charge on any atom is 0.410 e. The number of carbonyl (C=O) groups excluding carboxylic acids is 1. The molecule has 1 amide bonds. The molecule has 0 radical (unpaired) electrons. The highest BCUT2D eigenvalue weighted by atomic mass is 16.6. The number of aliphatic hydroxyl groups is 1. The van der Waals surface area contributed by atoms with Crippen molar-refractivity contribution < 1.29 is 14.6 Å². The lowest BCUT2D eigenvalue weighted by Crippen LogP contribution is -2.61. The van der Waals surface area contributed by atoms with Gasteiger partial charge in [-0.15, -0.1) is 0 Å². The lowest BCUT2D eigenvalue weighted by atomic mass is 9.91. The summed E-state index contributed by atoms with van der Waals surface area (Å²) in [7, 11) is 0. The maximum absolute atomic E-state index is 11.9. The highest BCUT2D eigenvalue weighted by molar-refractivity contribution is 5.69. The molecule has 6 nitrogen and oxygen atoms in total. The molecule has 108 valence electrons. The Morgan fingerprint density at radius 3 is 2.71 bits per heavy atom. The maximum atomic E-state index is 11.9. The number of hydrogen-bond acceptors (Lipinski definition) is 5. The standard InChI is InChI=1S/C15H15N3O3/c19-14(21-8-12-4-2-1-3-5-12)18-9-15(20,10-18)13-6-7-16-11-17-13/h1-7,11,20H,8-10H2. The zero-order valence-corrected chi connectivity index (χ0v) is 11.3. The van der Waals surface area contributed by atoms with Crippen LogP contribution in [0.1, 0.15) is 11.3 Å². The summed E-state index contributed by atoms with van der Waals surface area (Å²) >= 11 is 0. The van der Waals surface area contributed by atoms with Crippen molar-refractivity contribution in [3.8, 4) is 0 Å². The van der Waals surface area contributed by atoms with Gasteiger partial charge in [0.05, 0.1) is 18.8 Å². The van der Waals surface area contributed by atoms with E-state index in [1.165, 1.54) is 11.2 Å². The molecule has 0 saturated carbocycles. The van der Waals surface area contributed by atoms with Crippen LogP contribution in [0.5, 0.6) is 0 Å². The lowest BCUT2D eigenvalue weighted by Gasteiger charge is -2.44. The van der Waals surface area contributed by atoms with Crippen LogP contribution in [-0.4, -0.2) is 39.2 Å². The molecule has 0 aliphatic carbocycles. The average Bonchev–Trinajstić information content (AvgIpc) is 2.51. The average molecular weight is 285 g/mol. The summed E-state index contributed by atoms with van der Waals surface area (Å²) in [5, 5.41) is 10.3. The van der Waals surface area contributed by atoms with Gasteiger partial charge in [-0.25, -0.2) is 14.8 Å². The second-order valence-corrected chi connectivity index (χ2v) is 5.02. The number of carbonyl (C=O) groups is 1. The predicted molar refractivity (Wildman–Crippen MR) is 74.1 cm³/mol. The number of aromatic nitrogens is 2. The predicted octanol–water partition coefficient (Wildman–Crippen LogP) is 1.32. The molecule has 21 heavy (non-hydrogen) atoms. The zero-order chi connectivity index (χ0) is 14.7. The van der Waals surface area contributed by atoms with Crippen LogP contribution in [0.25, 0.3) is 0 Å². The first-order valence-electron chi connectivity index (χ1n) is 6.62. The molecule has 0 spiro atoms. The van der Waals surface area contributed by atoms with E-state index >= 15 is 0 Å².